The number of nitrogens with one attached hydrogen (secondary N) is 1. The van der Waals surface area contributed by atoms with Gasteiger partial charge in [-0.15, -0.1) is 0 Å². The van der Waals surface area contributed by atoms with Crippen LogP contribution in [0.5, 0.6) is 0 Å². The van der Waals surface area contributed by atoms with E-state index in [1.54, 1.807) is 6.07 Å². The number of hydrogen-bond donors (Lipinski definition) is 1. The van der Waals surface area contributed by atoms with Crippen molar-refractivity contribution in [3.63, 3.8) is 0 Å². The van der Waals surface area contributed by atoms with Crippen LogP contribution in [-0.2, 0) is 0 Å². The summed E-state index contributed by atoms with van der Waals surface area (Å²) in [6.45, 7) is 0. The number of hydrogen-bond acceptors (Lipinski definition) is 5. The monoisotopic (exact) mass is 413 g/mol. The Morgan fingerprint density at radius 1 is 1.08 bits per heavy atom. The molecule has 1 N–H and O–H groups in total. The number of rotatable bonds is 5. The zero-order valence-corrected chi connectivity index (χ0v) is 14.8. The first kappa shape index (κ1) is 17.6. The van der Waals surface area contributed by atoms with Crippen LogP contribution in [0.15, 0.2) is 74.7 Å². The van der Waals surface area contributed by atoms with Crippen LogP contribution in [0.1, 0.15) is 16.1 Å². The van der Waals surface area contributed by atoms with Crippen molar-refractivity contribution < 1.29 is 14.1 Å². The number of furan rings is 1. The Balaban J connectivity index is 1.62. The van der Waals surface area contributed by atoms with Gasteiger partial charge in [-0.25, -0.2) is 5.43 Å². The second-order valence-electron chi connectivity index (χ2n) is 5.21. The SMILES string of the molecule is O=C(NN=Cc1ccc(-c2ccc(Br)cc2)o1)c1ccc([N+](=O)[O-])cc1. The predicted octanol–water partition coefficient (Wildman–Crippen LogP) is 4.38. The summed E-state index contributed by atoms with van der Waals surface area (Å²) >= 11 is 3.38. The molecule has 3 rings (SSSR count). The summed E-state index contributed by atoms with van der Waals surface area (Å²) < 4.78 is 6.62. The van der Waals surface area contributed by atoms with Crippen LogP contribution in [0.3, 0.4) is 0 Å². The number of non-ortho nitro benzene ring substituents is 1. The van der Waals surface area contributed by atoms with Crippen molar-refractivity contribution in [1.29, 1.82) is 0 Å². The lowest BCUT2D eigenvalue weighted by atomic mass is 10.2. The Bertz CT molecular complexity index is 963. The number of benzene rings is 2. The van der Waals surface area contributed by atoms with Gasteiger partial charge in [-0.05, 0) is 36.4 Å². The van der Waals surface area contributed by atoms with E-state index in [1.165, 1.54) is 30.5 Å². The molecule has 0 saturated heterocycles. The maximum atomic E-state index is 11.9. The minimum absolute atomic E-state index is 0.0823. The quantitative estimate of drug-likeness (QED) is 0.381. The summed E-state index contributed by atoms with van der Waals surface area (Å²) in [5.41, 5.74) is 3.45. The molecule has 1 amide bonds. The molecule has 3 aromatic rings. The van der Waals surface area contributed by atoms with Crippen molar-refractivity contribution in [3.8, 4) is 11.3 Å². The molecular formula is C18H12BrN3O4. The van der Waals surface area contributed by atoms with Crippen LogP contribution < -0.4 is 5.43 Å². The van der Waals surface area contributed by atoms with Gasteiger partial charge in [-0.1, -0.05) is 28.1 Å². The summed E-state index contributed by atoms with van der Waals surface area (Å²) in [4.78, 5) is 22.0. The van der Waals surface area contributed by atoms with Gasteiger partial charge in [-0.2, -0.15) is 5.10 Å². The van der Waals surface area contributed by atoms with Crippen LogP contribution in [0.2, 0.25) is 0 Å². The number of nitro benzene ring substituents is 1. The fraction of sp³-hybridized carbons (Fsp3) is 0. The van der Waals surface area contributed by atoms with Gasteiger partial charge < -0.3 is 4.42 Å². The predicted molar refractivity (Wildman–Crippen MR) is 100 cm³/mol. The third-order valence-electron chi connectivity index (χ3n) is 3.45. The summed E-state index contributed by atoms with van der Waals surface area (Å²) in [5, 5.41) is 14.4. The highest BCUT2D eigenvalue weighted by atomic mass is 79.9. The van der Waals surface area contributed by atoms with Crippen molar-refractivity contribution in [2.24, 2.45) is 5.10 Å². The number of amides is 1. The largest absolute Gasteiger partial charge is 0.455 e. The molecule has 2 aromatic carbocycles. The maximum Gasteiger partial charge on any atom is 0.271 e. The molecule has 7 nitrogen and oxygen atoms in total. The lowest BCUT2D eigenvalue weighted by molar-refractivity contribution is -0.384. The number of carbonyl (C=O) groups is 1. The molecule has 0 atom stereocenters. The van der Waals surface area contributed by atoms with Crippen LogP contribution in [0.25, 0.3) is 11.3 Å². The second kappa shape index (κ2) is 7.75. The molecule has 0 saturated carbocycles. The first-order valence-corrected chi connectivity index (χ1v) is 8.26. The zero-order chi connectivity index (χ0) is 18.5. The molecule has 26 heavy (non-hydrogen) atoms. The molecule has 0 aliphatic carbocycles. The van der Waals surface area contributed by atoms with Crippen molar-refractivity contribution in [1.82, 2.24) is 5.43 Å². The van der Waals surface area contributed by atoms with Gasteiger partial charge in [-0.3, -0.25) is 14.9 Å². The molecule has 0 fully saturated rings. The number of hydrazone groups is 1. The average molecular weight is 414 g/mol. The maximum absolute atomic E-state index is 11.9. The van der Waals surface area contributed by atoms with Gasteiger partial charge in [0.25, 0.3) is 11.6 Å². The van der Waals surface area contributed by atoms with E-state index in [9.17, 15) is 14.9 Å². The van der Waals surface area contributed by atoms with Crippen LogP contribution in [0, 0.1) is 10.1 Å². The van der Waals surface area contributed by atoms with Crippen molar-refractivity contribution in [2.75, 3.05) is 0 Å². The Labute approximate surface area is 156 Å². The lowest BCUT2D eigenvalue weighted by Gasteiger charge is -1.99. The Morgan fingerprint density at radius 2 is 1.77 bits per heavy atom. The van der Waals surface area contributed by atoms with Crippen LogP contribution in [0.4, 0.5) is 5.69 Å². The Morgan fingerprint density at radius 3 is 2.42 bits per heavy atom. The molecule has 0 bridgehead atoms. The summed E-state index contributed by atoms with van der Waals surface area (Å²) in [6.07, 6.45) is 1.38. The zero-order valence-electron chi connectivity index (χ0n) is 13.3. The van der Waals surface area contributed by atoms with E-state index in [1.807, 2.05) is 30.3 Å². The molecule has 0 aliphatic rings. The Hall–Kier alpha value is -3.26. The second-order valence-corrected chi connectivity index (χ2v) is 6.13. The molecule has 0 aliphatic heterocycles. The third-order valence-corrected chi connectivity index (χ3v) is 3.98. The van der Waals surface area contributed by atoms with E-state index >= 15 is 0 Å². The first-order chi connectivity index (χ1) is 12.5. The summed E-state index contributed by atoms with van der Waals surface area (Å²) in [5.74, 6) is 0.684. The normalized spacial score (nSPS) is 10.8. The van der Waals surface area contributed by atoms with Crippen molar-refractivity contribution in [3.05, 3.63) is 86.6 Å². The van der Waals surface area contributed by atoms with E-state index in [4.69, 9.17) is 4.42 Å². The molecule has 1 heterocycles. The average Bonchev–Trinajstić information content (AvgIpc) is 3.11. The number of nitrogens with zero attached hydrogens (tertiary/aromatic N) is 2. The van der Waals surface area contributed by atoms with E-state index in [-0.39, 0.29) is 11.3 Å². The van der Waals surface area contributed by atoms with Crippen LogP contribution in [-0.4, -0.2) is 17.0 Å². The van der Waals surface area contributed by atoms with Gasteiger partial charge in [0.05, 0.1) is 11.1 Å². The van der Waals surface area contributed by atoms with Gasteiger partial charge in [0.2, 0.25) is 0 Å². The standard InChI is InChI=1S/C18H12BrN3O4/c19-14-5-1-12(2-6-14)17-10-9-16(26-17)11-20-21-18(23)13-3-7-15(8-4-13)22(24)25/h1-11H,(H,21,23). The highest BCUT2D eigenvalue weighted by Crippen LogP contribution is 2.23. The van der Waals surface area contributed by atoms with Crippen molar-refractivity contribution in [2.45, 2.75) is 0 Å². The summed E-state index contributed by atoms with van der Waals surface area (Å²) in [6, 6.07) is 16.4. The van der Waals surface area contributed by atoms with E-state index in [0.29, 0.717) is 11.5 Å². The highest BCUT2D eigenvalue weighted by molar-refractivity contribution is 9.10. The summed E-state index contributed by atoms with van der Waals surface area (Å²) in [7, 11) is 0. The fourth-order valence-corrected chi connectivity index (χ4v) is 2.41. The topological polar surface area (TPSA) is 97.7 Å². The van der Waals surface area contributed by atoms with Gasteiger partial charge in [0.15, 0.2) is 0 Å². The van der Waals surface area contributed by atoms with E-state index in [0.717, 1.165) is 10.0 Å². The highest BCUT2D eigenvalue weighted by Gasteiger charge is 2.09. The fourth-order valence-electron chi connectivity index (χ4n) is 2.15. The minimum Gasteiger partial charge on any atom is -0.455 e. The van der Waals surface area contributed by atoms with E-state index in [2.05, 4.69) is 26.5 Å². The lowest BCUT2D eigenvalue weighted by Crippen LogP contribution is -2.17. The minimum atomic E-state index is -0.528. The van der Waals surface area contributed by atoms with Gasteiger partial charge in [0.1, 0.15) is 11.5 Å². The molecule has 130 valence electrons. The molecular weight excluding hydrogens is 402 g/mol. The molecule has 0 radical (unpaired) electrons. The van der Waals surface area contributed by atoms with Crippen molar-refractivity contribution >= 4 is 33.7 Å². The molecule has 8 heteroatoms. The first-order valence-electron chi connectivity index (χ1n) is 7.46. The number of carbonyl (C=O) groups excluding carboxylic acids is 1. The molecule has 0 unspecified atom stereocenters. The Kier molecular flexibility index (Phi) is 5.23. The van der Waals surface area contributed by atoms with Crippen LogP contribution >= 0.6 is 15.9 Å². The smallest absolute Gasteiger partial charge is 0.271 e. The van der Waals surface area contributed by atoms with Gasteiger partial charge >= 0.3 is 0 Å². The molecule has 1 aromatic heterocycles. The third kappa shape index (κ3) is 4.22. The number of nitro groups is 1. The van der Waals surface area contributed by atoms with Gasteiger partial charge in [0, 0.05) is 27.7 Å². The number of halogens is 1. The molecule has 0 spiro atoms. The van der Waals surface area contributed by atoms with E-state index < -0.39 is 10.8 Å².